The number of fused-ring (bicyclic) bond motifs is 1. The summed E-state index contributed by atoms with van der Waals surface area (Å²) in [7, 11) is 0. The van der Waals surface area contributed by atoms with Crippen LogP contribution in [0.1, 0.15) is 40.4 Å². The molecule has 2 aromatic carbocycles. The number of nitro benzene ring substituents is 1. The van der Waals surface area contributed by atoms with Crippen LogP contribution in [0.3, 0.4) is 0 Å². The van der Waals surface area contributed by atoms with Gasteiger partial charge in [-0.05, 0) is 36.5 Å². The summed E-state index contributed by atoms with van der Waals surface area (Å²) in [5, 5.41) is 13.6. The number of carbonyl (C=O) groups is 2. The molecule has 1 aliphatic carbocycles. The number of amides is 1. The van der Waals surface area contributed by atoms with Crippen molar-refractivity contribution in [3.63, 3.8) is 0 Å². The first-order valence-electron chi connectivity index (χ1n) is 8.33. The highest BCUT2D eigenvalue weighted by atomic mass is 16.6. The van der Waals surface area contributed by atoms with Crippen molar-refractivity contribution in [1.29, 1.82) is 0 Å². The molecule has 0 heterocycles. The second-order valence-electron chi connectivity index (χ2n) is 6.09. The topological polar surface area (TPSA) is 98.5 Å². The van der Waals surface area contributed by atoms with Gasteiger partial charge in [0.05, 0.1) is 16.5 Å². The van der Waals surface area contributed by atoms with Gasteiger partial charge in [0.15, 0.2) is 6.61 Å². The normalized spacial score (nSPS) is 15.6. The predicted octanol–water partition coefficient (Wildman–Crippen LogP) is 2.95. The third-order valence-corrected chi connectivity index (χ3v) is 4.33. The number of esters is 1. The second-order valence-corrected chi connectivity index (χ2v) is 6.09. The van der Waals surface area contributed by atoms with Gasteiger partial charge in [-0.25, -0.2) is 4.79 Å². The molecule has 134 valence electrons. The quantitative estimate of drug-likeness (QED) is 0.506. The Hall–Kier alpha value is -3.22. The van der Waals surface area contributed by atoms with Crippen LogP contribution >= 0.6 is 0 Å². The van der Waals surface area contributed by atoms with Crippen LogP contribution in [0.25, 0.3) is 0 Å². The zero-order chi connectivity index (χ0) is 18.5. The number of non-ortho nitro benzene ring substituents is 1. The largest absolute Gasteiger partial charge is 0.452 e. The summed E-state index contributed by atoms with van der Waals surface area (Å²) in [5.74, 6) is -1.17. The summed E-state index contributed by atoms with van der Waals surface area (Å²) < 4.78 is 4.98. The van der Waals surface area contributed by atoms with Crippen LogP contribution in [0, 0.1) is 10.1 Å². The minimum absolute atomic E-state index is 0.0370. The molecular weight excluding hydrogens is 336 g/mol. The molecule has 1 atom stereocenters. The minimum Gasteiger partial charge on any atom is -0.452 e. The van der Waals surface area contributed by atoms with Crippen LogP contribution in [0.5, 0.6) is 0 Å². The third-order valence-electron chi connectivity index (χ3n) is 4.33. The van der Waals surface area contributed by atoms with E-state index in [-0.39, 0.29) is 17.3 Å². The number of benzene rings is 2. The SMILES string of the molecule is O=C(COC(=O)c1cccc([N+](=O)[O-])c1)N[C@@H]1CCCc2ccccc21. The van der Waals surface area contributed by atoms with Crippen LogP contribution in [0.15, 0.2) is 48.5 Å². The monoisotopic (exact) mass is 354 g/mol. The lowest BCUT2D eigenvalue weighted by molar-refractivity contribution is -0.384. The van der Waals surface area contributed by atoms with Crippen molar-refractivity contribution in [1.82, 2.24) is 5.32 Å². The van der Waals surface area contributed by atoms with E-state index >= 15 is 0 Å². The molecule has 0 spiro atoms. The molecule has 7 heteroatoms. The number of nitro groups is 1. The summed E-state index contributed by atoms with van der Waals surface area (Å²) in [4.78, 5) is 34.3. The Morgan fingerprint density at radius 1 is 1.19 bits per heavy atom. The summed E-state index contributed by atoms with van der Waals surface area (Å²) in [6, 6.07) is 13.1. The zero-order valence-corrected chi connectivity index (χ0v) is 14.0. The van der Waals surface area contributed by atoms with E-state index in [0.29, 0.717) is 0 Å². The van der Waals surface area contributed by atoms with Crippen LogP contribution in [0.4, 0.5) is 5.69 Å². The number of nitrogens with one attached hydrogen (secondary N) is 1. The van der Waals surface area contributed by atoms with Gasteiger partial charge in [-0.15, -0.1) is 0 Å². The highest BCUT2D eigenvalue weighted by Crippen LogP contribution is 2.29. The maximum atomic E-state index is 12.1. The second kappa shape index (κ2) is 7.77. The maximum Gasteiger partial charge on any atom is 0.338 e. The molecule has 1 aliphatic rings. The van der Waals surface area contributed by atoms with Crippen LogP contribution < -0.4 is 5.32 Å². The van der Waals surface area contributed by atoms with Gasteiger partial charge >= 0.3 is 5.97 Å². The van der Waals surface area contributed by atoms with Crippen molar-refractivity contribution in [2.24, 2.45) is 0 Å². The van der Waals surface area contributed by atoms with E-state index in [4.69, 9.17) is 4.74 Å². The Kier molecular flexibility index (Phi) is 5.26. The number of rotatable bonds is 5. The zero-order valence-electron chi connectivity index (χ0n) is 14.0. The first-order chi connectivity index (χ1) is 12.5. The Labute approximate surface area is 150 Å². The summed E-state index contributed by atoms with van der Waals surface area (Å²) in [6.45, 7) is -0.430. The number of ether oxygens (including phenoxy) is 1. The van der Waals surface area contributed by atoms with Crippen molar-refractivity contribution < 1.29 is 19.2 Å². The Morgan fingerprint density at radius 3 is 2.81 bits per heavy atom. The average molecular weight is 354 g/mol. The molecule has 0 saturated heterocycles. The van der Waals surface area contributed by atoms with E-state index in [2.05, 4.69) is 11.4 Å². The molecule has 2 aromatic rings. The summed E-state index contributed by atoms with van der Waals surface area (Å²) in [6.07, 6.45) is 2.81. The third kappa shape index (κ3) is 4.05. The predicted molar refractivity (Wildman–Crippen MR) is 93.6 cm³/mol. The van der Waals surface area contributed by atoms with E-state index in [1.54, 1.807) is 0 Å². The van der Waals surface area contributed by atoms with Gasteiger partial charge in [0.1, 0.15) is 0 Å². The number of hydrogen-bond acceptors (Lipinski definition) is 5. The van der Waals surface area contributed by atoms with Crippen LogP contribution in [-0.4, -0.2) is 23.4 Å². The van der Waals surface area contributed by atoms with Gasteiger partial charge in [-0.1, -0.05) is 30.3 Å². The molecule has 26 heavy (non-hydrogen) atoms. The average Bonchev–Trinajstić information content (AvgIpc) is 2.66. The highest BCUT2D eigenvalue weighted by molar-refractivity contribution is 5.92. The van der Waals surface area contributed by atoms with Crippen molar-refractivity contribution in [3.8, 4) is 0 Å². The van der Waals surface area contributed by atoms with E-state index in [1.807, 2.05) is 18.2 Å². The number of aryl methyl sites for hydroxylation is 1. The standard InChI is InChI=1S/C19H18N2O5/c22-18(20-17-10-4-6-13-5-1-2-9-16(13)17)12-26-19(23)14-7-3-8-15(11-14)21(24)25/h1-3,5,7-9,11,17H,4,6,10,12H2,(H,20,22)/t17-/m1/s1. The van der Waals surface area contributed by atoms with Crippen molar-refractivity contribution >= 4 is 17.6 Å². The molecule has 1 amide bonds. The van der Waals surface area contributed by atoms with Gasteiger partial charge in [0.2, 0.25) is 0 Å². The number of hydrogen-bond donors (Lipinski definition) is 1. The van der Waals surface area contributed by atoms with Gasteiger partial charge < -0.3 is 10.1 Å². The lowest BCUT2D eigenvalue weighted by atomic mass is 9.88. The Balaban J connectivity index is 1.57. The molecule has 0 aromatic heterocycles. The van der Waals surface area contributed by atoms with E-state index < -0.39 is 23.4 Å². The molecule has 3 rings (SSSR count). The smallest absolute Gasteiger partial charge is 0.338 e. The van der Waals surface area contributed by atoms with Gasteiger partial charge in [0, 0.05) is 12.1 Å². The lowest BCUT2D eigenvalue weighted by Gasteiger charge is -2.26. The molecule has 7 nitrogen and oxygen atoms in total. The fraction of sp³-hybridized carbons (Fsp3) is 0.263. The maximum absolute atomic E-state index is 12.1. The van der Waals surface area contributed by atoms with Crippen molar-refractivity contribution in [3.05, 3.63) is 75.3 Å². The molecule has 0 unspecified atom stereocenters. The van der Waals surface area contributed by atoms with Crippen molar-refractivity contribution in [2.45, 2.75) is 25.3 Å². The Morgan fingerprint density at radius 2 is 2.00 bits per heavy atom. The first-order valence-corrected chi connectivity index (χ1v) is 8.33. The Bertz CT molecular complexity index is 849. The van der Waals surface area contributed by atoms with E-state index in [1.165, 1.54) is 23.8 Å². The molecular formula is C19H18N2O5. The minimum atomic E-state index is -0.770. The molecule has 1 N–H and O–H groups in total. The molecule has 0 saturated carbocycles. The van der Waals surface area contributed by atoms with Gasteiger partial charge in [-0.2, -0.15) is 0 Å². The van der Waals surface area contributed by atoms with Gasteiger partial charge in [-0.3, -0.25) is 14.9 Å². The van der Waals surface area contributed by atoms with E-state index in [9.17, 15) is 19.7 Å². The summed E-state index contributed by atoms with van der Waals surface area (Å²) in [5.41, 5.74) is 2.15. The molecule has 0 radical (unpaired) electrons. The lowest BCUT2D eigenvalue weighted by Crippen LogP contribution is -2.34. The molecule has 0 fully saturated rings. The fourth-order valence-electron chi connectivity index (χ4n) is 3.10. The van der Waals surface area contributed by atoms with Crippen LogP contribution in [0.2, 0.25) is 0 Å². The van der Waals surface area contributed by atoms with Crippen LogP contribution in [-0.2, 0) is 16.0 Å². The molecule has 0 bridgehead atoms. The van der Waals surface area contributed by atoms with Gasteiger partial charge in [0.25, 0.3) is 11.6 Å². The highest BCUT2D eigenvalue weighted by Gasteiger charge is 2.22. The number of carbonyl (C=O) groups excluding carboxylic acids is 2. The fourth-order valence-corrected chi connectivity index (χ4v) is 3.10. The van der Waals surface area contributed by atoms with Crippen molar-refractivity contribution in [2.75, 3.05) is 6.61 Å². The number of nitrogens with zero attached hydrogens (tertiary/aromatic N) is 1. The van der Waals surface area contributed by atoms with E-state index in [0.717, 1.165) is 30.9 Å². The molecule has 0 aliphatic heterocycles. The first kappa shape index (κ1) is 17.6. The summed E-state index contributed by atoms with van der Waals surface area (Å²) >= 11 is 0.